The second kappa shape index (κ2) is 12.5. The van der Waals surface area contributed by atoms with Crippen molar-refractivity contribution in [1.82, 2.24) is 10.6 Å². The molecule has 8 heteroatoms. The number of nitrogens with one attached hydrogen (secondary N) is 2. The van der Waals surface area contributed by atoms with E-state index in [0.717, 1.165) is 5.56 Å². The summed E-state index contributed by atoms with van der Waals surface area (Å²) in [6, 6.07) is 7.28. The first-order chi connectivity index (χ1) is 13.8. The zero-order valence-electron chi connectivity index (χ0n) is 17.4. The summed E-state index contributed by atoms with van der Waals surface area (Å²) < 4.78 is 9.87. The molecule has 0 saturated heterocycles. The molecule has 0 radical (unpaired) electrons. The third-order valence-corrected chi connectivity index (χ3v) is 4.34. The van der Waals surface area contributed by atoms with Crippen LogP contribution in [0.3, 0.4) is 0 Å². The first-order valence-electron chi connectivity index (χ1n) is 9.65. The summed E-state index contributed by atoms with van der Waals surface area (Å²) in [6.07, 6.45) is -0.104. The van der Waals surface area contributed by atoms with Crippen LogP contribution in [-0.2, 0) is 30.5 Å². The lowest BCUT2D eigenvalue weighted by molar-refractivity contribution is -0.145. The molecule has 1 rings (SSSR count). The molecule has 0 aliphatic carbocycles. The number of Topliss-reactive ketones (excluding diaryl/α,β-unsaturated/α-hetero) is 1. The van der Waals surface area contributed by atoms with Crippen LogP contribution < -0.4 is 10.6 Å². The molecule has 0 heterocycles. The summed E-state index contributed by atoms with van der Waals surface area (Å²) >= 11 is 0. The highest BCUT2D eigenvalue weighted by Crippen LogP contribution is 2.08. The monoisotopic (exact) mass is 406 g/mol. The van der Waals surface area contributed by atoms with Crippen molar-refractivity contribution in [2.45, 2.75) is 58.7 Å². The number of ketones is 1. The molecular formula is C21H30N2O6. The SMILES string of the molecule is CCC(=O)CC[C@@H](NC(=O)[C@H](NC(=O)OCc1ccccc1)C(C)C)C(=O)OC. The number of amides is 2. The van der Waals surface area contributed by atoms with E-state index in [1.54, 1.807) is 20.8 Å². The van der Waals surface area contributed by atoms with Crippen molar-refractivity contribution < 1.29 is 28.7 Å². The van der Waals surface area contributed by atoms with Gasteiger partial charge in [0.25, 0.3) is 0 Å². The molecule has 1 aromatic carbocycles. The molecule has 2 N–H and O–H groups in total. The minimum atomic E-state index is -0.966. The molecule has 0 spiro atoms. The maximum absolute atomic E-state index is 12.7. The second-order valence-corrected chi connectivity index (χ2v) is 6.94. The predicted octanol–water partition coefficient (Wildman–Crippen LogP) is 2.35. The Morgan fingerprint density at radius 2 is 1.69 bits per heavy atom. The largest absolute Gasteiger partial charge is 0.467 e. The number of methoxy groups -OCH3 is 1. The Morgan fingerprint density at radius 1 is 1.03 bits per heavy atom. The molecule has 2 amide bonds. The predicted molar refractivity (Wildman–Crippen MR) is 107 cm³/mol. The molecule has 1 aromatic rings. The molecule has 8 nitrogen and oxygen atoms in total. The van der Waals surface area contributed by atoms with Crippen LogP contribution in [0.15, 0.2) is 30.3 Å². The van der Waals surface area contributed by atoms with Crippen LogP contribution >= 0.6 is 0 Å². The number of carbonyl (C=O) groups is 4. The molecule has 0 unspecified atom stereocenters. The highest BCUT2D eigenvalue weighted by molar-refractivity contribution is 5.90. The number of hydrogen-bond acceptors (Lipinski definition) is 6. The fourth-order valence-electron chi connectivity index (χ4n) is 2.56. The minimum Gasteiger partial charge on any atom is -0.467 e. The summed E-state index contributed by atoms with van der Waals surface area (Å²) in [5.41, 5.74) is 0.819. The maximum Gasteiger partial charge on any atom is 0.408 e. The highest BCUT2D eigenvalue weighted by atomic mass is 16.5. The molecule has 29 heavy (non-hydrogen) atoms. The van der Waals surface area contributed by atoms with Gasteiger partial charge in [-0.05, 0) is 17.9 Å². The zero-order valence-corrected chi connectivity index (χ0v) is 17.4. The molecule has 0 aromatic heterocycles. The zero-order chi connectivity index (χ0) is 21.8. The van der Waals surface area contributed by atoms with Crippen LogP contribution in [0, 0.1) is 5.92 Å². The fraction of sp³-hybridized carbons (Fsp3) is 0.524. The first kappa shape index (κ1) is 24.1. The van der Waals surface area contributed by atoms with Gasteiger partial charge in [-0.15, -0.1) is 0 Å². The van der Waals surface area contributed by atoms with Crippen LogP contribution in [0.2, 0.25) is 0 Å². The Balaban J connectivity index is 2.69. The Morgan fingerprint density at radius 3 is 2.24 bits per heavy atom. The van der Waals surface area contributed by atoms with Crippen molar-refractivity contribution in [3.05, 3.63) is 35.9 Å². The van der Waals surface area contributed by atoms with Gasteiger partial charge in [-0.25, -0.2) is 9.59 Å². The number of benzene rings is 1. The van der Waals surface area contributed by atoms with Gasteiger partial charge in [0.15, 0.2) is 0 Å². The fourth-order valence-corrected chi connectivity index (χ4v) is 2.56. The van der Waals surface area contributed by atoms with Crippen molar-refractivity contribution in [1.29, 1.82) is 0 Å². The van der Waals surface area contributed by atoms with Crippen LogP contribution in [-0.4, -0.2) is 42.9 Å². The summed E-state index contributed by atoms with van der Waals surface area (Å²) in [5, 5.41) is 5.10. The normalized spacial score (nSPS) is 12.6. The molecular weight excluding hydrogens is 376 g/mol. The van der Waals surface area contributed by atoms with E-state index < -0.39 is 30.1 Å². The molecule has 160 valence electrons. The van der Waals surface area contributed by atoms with E-state index in [4.69, 9.17) is 9.47 Å². The van der Waals surface area contributed by atoms with E-state index in [2.05, 4.69) is 10.6 Å². The van der Waals surface area contributed by atoms with Crippen molar-refractivity contribution in [3.63, 3.8) is 0 Å². The van der Waals surface area contributed by atoms with Crippen LogP contribution in [0.5, 0.6) is 0 Å². The van der Waals surface area contributed by atoms with Gasteiger partial charge in [0.05, 0.1) is 7.11 Å². The highest BCUT2D eigenvalue weighted by Gasteiger charge is 2.29. The van der Waals surface area contributed by atoms with Crippen LogP contribution in [0.25, 0.3) is 0 Å². The molecule has 0 aliphatic heterocycles. The van der Waals surface area contributed by atoms with Gasteiger partial charge < -0.3 is 20.1 Å². The molecule has 0 saturated carbocycles. The number of ether oxygens (including phenoxy) is 2. The minimum absolute atomic E-state index is 0.0174. The third-order valence-electron chi connectivity index (χ3n) is 4.34. The lowest BCUT2D eigenvalue weighted by Crippen LogP contribution is -2.54. The quantitative estimate of drug-likeness (QED) is 0.546. The number of rotatable bonds is 11. The summed E-state index contributed by atoms with van der Waals surface area (Å²) in [5.74, 6) is -1.46. The van der Waals surface area contributed by atoms with Crippen LogP contribution in [0.1, 0.15) is 45.6 Å². The standard InChI is InChI=1S/C21H30N2O6/c1-5-16(24)11-12-17(20(26)28-4)22-19(25)18(14(2)3)23-21(27)29-13-15-9-7-6-8-10-15/h6-10,14,17-18H,5,11-13H2,1-4H3,(H,22,25)(H,23,27)/t17-,18-/m1/s1. The Labute approximate surface area is 171 Å². The lowest BCUT2D eigenvalue weighted by atomic mass is 10.0. The number of hydrogen-bond donors (Lipinski definition) is 2. The Kier molecular flexibility index (Phi) is 10.4. The van der Waals surface area contributed by atoms with Gasteiger partial charge in [-0.1, -0.05) is 51.1 Å². The molecule has 0 fully saturated rings. The first-order valence-corrected chi connectivity index (χ1v) is 9.65. The smallest absolute Gasteiger partial charge is 0.408 e. The van der Waals surface area contributed by atoms with Gasteiger partial charge in [0, 0.05) is 12.8 Å². The third kappa shape index (κ3) is 8.76. The lowest BCUT2D eigenvalue weighted by Gasteiger charge is -2.24. The van der Waals surface area contributed by atoms with Crippen LogP contribution in [0.4, 0.5) is 4.79 Å². The van der Waals surface area contributed by atoms with Crippen molar-refractivity contribution in [2.75, 3.05) is 7.11 Å². The van der Waals surface area contributed by atoms with E-state index >= 15 is 0 Å². The van der Waals surface area contributed by atoms with E-state index in [1.165, 1.54) is 7.11 Å². The topological polar surface area (TPSA) is 111 Å². The molecule has 0 bridgehead atoms. The van der Waals surface area contributed by atoms with Crippen molar-refractivity contribution in [3.8, 4) is 0 Å². The average molecular weight is 406 g/mol. The summed E-state index contributed by atoms with van der Waals surface area (Å²) in [6.45, 7) is 5.32. The van der Waals surface area contributed by atoms with Crippen molar-refractivity contribution >= 4 is 23.8 Å². The maximum atomic E-state index is 12.7. The second-order valence-electron chi connectivity index (χ2n) is 6.94. The Bertz CT molecular complexity index is 690. The number of alkyl carbamates (subject to hydrolysis) is 1. The average Bonchev–Trinajstić information content (AvgIpc) is 2.72. The molecule has 2 atom stereocenters. The summed E-state index contributed by atoms with van der Waals surface area (Å²) in [7, 11) is 1.21. The number of esters is 1. The van der Waals surface area contributed by atoms with Crippen molar-refractivity contribution in [2.24, 2.45) is 5.92 Å². The molecule has 0 aliphatic rings. The Hall–Kier alpha value is -2.90. The van der Waals surface area contributed by atoms with Gasteiger partial charge in [0.1, 0.15) is 24.5 Å². The van der Waals surface area contributed by atoms with Gasteiger partial charge >= 0.3 is 12.1 Å². The number of carbonyl (C=O) groups excluding carboxylic acids is 4. The van der Waals surface area contributed by atoms with E-state index in [1.807, 2.05) is 30.3 Å². The van der Waals surface area contributed by atoms with E-state index in [9.17, 15) is 19.2 Å². The summed E-state index contributed by atoms with van der Waals surface area (Å²) in [4.78, 5) is 48.3. The van der Waals surface area contributed by atoms with E-state index in [0.29, 0.717) is 6.42 Å². The van der Waals surface area contributed by atoms with Gasteiger partial charge in [-0.3, -0.25) is 9.59 Å². The van der Waals surface area contributed by atoms with Gasteiger partial charge in [0.2, 0.25) is 5.91 Å². The van der Waals surface area contributed by atoms with Gasteiger partial charge in [-0.2, -0.15) is 0 Å². The van der Waals surface area contributed by atoms with E-state index in [-0.39, 0.29) is 31.1 Å².